The van der Waals surface area contributed by atoms with Gasteiger partial charge in [0.25, 0.3) is 0 Å². The van der Waals surface area contributed by atoms with E-state index < -0.39 is 0 Å². The van der Waals surface area contributed by atoms with Crippen LogP contribution in [0.4, 0.5) is 17.3 Å². The molecule has 0 unspecified atom stereocenters. The summed E-state index contributed by atoms with van der Waals surface area (Å²) in [5, 5.41) is 12.6. The first-order valence-corrected chi connectivity index (χ1v) is 12.4. The number of aliphatic hydroxyl groups excluding tert-OH is 1. The van der Waals surface area contributed by atoms with E-state index in [9.17, 15) is 5.11 Å². The van der Waals surface area contributed by atoms with Crippen LogP contribution in [0.15, 0.2) is 6.33 Å². The molecule has 1 aromatic heterocycles. The molecule has 0 aliphatic rings. The molecule has 1 heterocycles. The molecule has 1 aromatic rings. The molecule has 4 N–H and O–H groups in total. The Bertz CT molecular complexity index is 526. The summed E-state index contributed by atoms with van der Waals surface area (Å²) in [5.74, 6) is 1.40. The van der Waals surface area contributed by atoms with Crippen LogP contribution in [-0.4, -0.2) is 41.3 Å². The Morgan fingerprint density at radius 3 is 1.87 bits per heavy atom. The minimum Gasteiger partial charge on any atom is -0.395 e. The molecule has 174 valence electrons. The lowest BCUT2D eigenvalue weighted by molar-refractivity contribution is 0.302. The molecule has 0 radical (unpaired) electrons. The highest BCUT2D eigenvalue weighted by atomic mass is 16.3. The van der Waals surface area contributed by atoms with Gasteiger partial charge < -0.3 is 21.1 Å². The SMILES string of the molecule is CCCCCCCCCCCCCCCCNc1ncnc(N(CC)CCO)c1N. The molecule has 6 nitrogen and oxygen atoms in total. The van der Waals surface area contributed by atoms with Gasteiger partial charge in [-0.25, -0.2) is 9.97 Å². The summed E-state index contributed by atoms with van der Waals surface area (Å²) in [6.07, 6.45) is 20.7. The average Bonchev–Trinajstić information content (AvgIpc) is 2.76. The number of hydrogen-bond donors (Lipinski definition) is 3. The van der Waals surface area contributed by atoms with Gasteiger partial charge in [-0.15, -0.1) is 0 Å². The van der Waals surface area contributed by atoms with Gasteiger partial charge in [0.15, 0.2) is 11.6 Å². The molecule has 0 fully saturated rings. The van der Waals surface area contributed by atoms with Crippen molar-refractivity contribution in [3.8, 4) is 0 Å². The number of unbranched alkanes of at least 4 members (excludes halogenated alkanes) is 13. The molecule has 0 amide bonds. The van der Waals surface area contributed by atoms with Crippen molar-refractivity contribution < 1.29 is 5.11 Å². The van der Waals surface area contributed by atoms with E-state index in [0.29, 0.717) is 23.9 Å². The van der Waals surface area contributed by atoms with Crippen LogP contribution in [0.3, 0.4) is 0 Å². The fourth-order valence-corrected chi connectivity index (χ4v) is 3.84. The summed E-state index contributed by atoms with van der Waals surface area (Å²) in [4.78, 5) is 10.5. The van der Waals surface area contributed by atoms with Gasteiger partial charge in [-0.05, 0) is 13.3 Å². The van der Waals surface area contributed by atoms with Gasteiger partial charge in [0, 0.05) is 19.6 Å². The average molecular weight is 422 g/mol. The molecule has 1 rings (SSSR count). The van der Waals surface area contributed by atoms with Crippen LogP contribution in [0, 0.1) is 0 Å². The molecule has 0 bridgehead atoms. The van der Waals surface area contributed by atoms with Crippen LogP contribution in [0.25, 0.3) is 0 Å². The molecule has 30 heavy (non-hydrogen) atoms. The maximum Gasteiger partial charge on any atom is 0.157 e. The lowest BCUT2D eigenvalue weighted by Gasteiger charge is -2.23. The van der Waals surface area contributed by atoms with E-state index in [1.807, 2.05) is 11.8 Å². The highest BCUT2D eigenvalue weighted by molar-refractivity contribution is 5.74. The molecule has 0 saturated carbocycles. The number of anilines is 3. The van der Waals surface area contributed by atoms with E-state index in [4.69, 9.17) is 5.73 Å². The summed E-state index contributed by atoms with van der Waals surface area (Å²) >= 11 is 0. The quantitative estimate of drug-likeness (QED) is 0.232. The lowest BCUT2D eigenvalue weighted by atomic mass is 10.0. The van der Waals surface area contributed by atoms with Crippen LogP contribution in [0.2, 0.25) is 0 Å². The van der Waals surface area contributed by atoms with Gasteiger partial charge in [0.2, 0.25) is 0 Å². The summed E-state index contributed by atoms with van der Waals surface area (Å²) in [6.45, 7) is 6.54. The van der Waals surface area contributed by atoms with Crippen molar-refractivity contribution in [1.82, 2.24) is 9.97 Å². The van der Waals surface area contributed by atoms with Gasteiger partial charge in [-0.1, -0.05) is 90.4 Å². The lowest BCUT2D eigenvalue weighted by Crippen LogP contribution is -2.28. The van der Waals surface area contributed by atoms with Crippen molar-refractivity contribution in [1.29, 1.82) is 0 Å². The number of likely N-dealkylation sites (N-methyl/N-ethyl adjacent to an activating group) is 1. The van der Waals surface area contributed by atoms with Crippen molar-refractivity contribution >= 4 is 17.3 Å². The van der Waals surface area contributed by atoms with Gasteiger partial charge in [0.1, 0.15) is 12.0 Å². The predicted molar refractivity (Wildman–Crippen MR) is 130 cm³/mol. The first kappa shape index (κ1) is 26.5. The molecule has 0 aromatic carbocycles. The van der Waals surface area contributed by atoms with E-state index in [2.05, 4.69) is 22.2 Å². The van der Waals surface area contributed by atoms with E-state index in [0.717, 1.165) is 19.5 Å². The number of aliphatic hydroxyl groups is 1. The van der Waals surface area contributed by atoms with Gasteiger partial charge in [0.05, 0.1) is 6.61 Å². The highest BCUT2D eigenvalue weighted by Gasteiger charge is 2.13. The van der Waals surface area contributed by atoms with Gasteiger partial charge >= 0.3 is 0 Å². The Labute approximate surface area is 185 Å². The van der Waals surface area contributed by atoms with Crippen LogP contribution in [0.5, 0.6) is 0 Å². The predicted octanol–water partition coefficient (Wildman–Crippen LogP) is 5.77. The Balaban J connectivity index is 2.04. The summed E-state index contributed by atoms with van der Waals surface area (Å²) in [7, 11) is 0. The standard InChI is InChI=1S/C24H47N5O/c1-3-5-6-7-8-9-10-11-12-13-14-15-16-17-18-26-23-22(25)24(28-21-27-23)29(4-2)19-20-30/h21,30H,3-20,25H2,1-2H3,(H,26,27,28). The largest absolute Gasteiger partial charge is 0.395 e. The van der Waals surface area contributed by atoms with Crippen LogP contribution in [-0.2, 0) is 0 Å². The van der Waals surface area contributed by atoms with Crippen LogP contribution >= 0.6 is 0 Å². The number of rotatable bonds is 20. The maximum atomic E-state index is 9.20. The van der Waals surface area contributed by atoms with Crippen LogP contribution < -0.4 is 16.0 Å². The van der Waals surface area contributed by atoms with E-state index >= 15 is 0 Å². The number of aromatic nitrogens is 2. The molecule has 0 saturated heterocycles. The van der Waals surface area contributed by atoms with Gasteiger partial charge in [-0.2, -0.15) is 0 Å². The minimum atomic E-state index is 0.0824. The van der Waals surface area contributed by atoms with Crippen molar-refractivity contribution in [3.05, 3.63) is 6.33 Å². The molecule has 0 atom stereocenters. The second kappa shape index (κ2) is 18.2. The Morgan fingerprint density at radius 1 is 0.833 bits per heavy atom. The molecule has 0 aliphatic heterocycles. The highest BCUT2D eigenvalue weighted by Crippen LogP contribution is 2.25. The first-order chi connectivity index (χ1) is 14.7. The fraction of sp³-hybridized carbons (Fsp3) is 0.833. The normalized spacial score (nSPS) is 11.0. The number of nitrogens with zero attached hydrogens (tertiary/aromatic N) is 3. The van der Waals surface area contributed by atoms with E-state index in [-0.39, 0.29) is 6.61 Å². The second-order valence-corrected chi connectivity index (χ2v) is 8.29. The third kappa shape index (κ3) is 11.6. The Morgan fingerprint density at radius 2 is 1.37 bits per heavy atom. The van der Waals surface area contributed by atoms with Crippen LogP contribution in [0.1, 0.15) is 104 Å². The zero-order valence-electron chi connectivity index (χ0n) is 19.7. The minimum absolute atomic E-state index is 0.0824. The van der Waals surface area contributed by atoms with E-state index in [1.165, 1.54) is 83.5 Å². The van der Waals surface area contributed by atoms with Crippen molar-refractivity contribution in [2.24, 2.45) is 0 Å². The van der Waals surface area contributed by atoms with Crippen molar-refractivity contribution in [3.63, 3.8) is 0 Å². The van der Waals surface area contributed by atoms with Gasteiger partial charge in [-0.3, -0.25) is 0 Å². The fourth-order valence-electron chi connectivity index (χ4n) is 3.84. The Hall–Kier alpha value is -1.56. The topological polar surface area (TPSA) is 87.3 Å². The maximum absolute atomic E-state index is 9.20. The zero-order valence-corrected chi connectivity index (χ0v) is 19.7. The molecule has 0 spiro atoms. The zero-order chi connectivity index (χ0) is 21.9. The molecular weight excluding hydrogens is 374 g/mol. The first-order valence-electron chi connectivity index (χ1n) is 12.4. The van der Waals surface area contributed by atoms with Crippen molar-refractivity contribution in [2.45, 2.75) is 104 Å². The Kier molecular flexibility index (Phi) is 16.1. The monoisotopic (exact) mass is 421 g/mol. The molecule has 0 aliphatic carbocycles. The third-order valence-electron chi connectivity index (χ3n) is 5.74. The smallest absolute Gasteiger partial charge is 0.157 e. The number of hydrogen-bond acceptors (Lipinski definition) is 6. The summed E-state index contributed by atoms with van der Waals surface area (Å²) in [5.41, 5.74) is 6.81. The summed E-state index contributed by atoms with van der Waals surface area (Å²) < 4.78 is 0. The number of nitrogen functional groups attached to an aromatic ring is 1. The molecule has 6 heteroatoms. The summed E-state index contributed by atoms with van der Waals surface area (Å²) in [6, 6.07) is 0. The van der Waals surface area contributed by atoms with E-state index in [1.54, 1.807) is 6.33 Å². The molecular formula is C24H47N5O. The van der Waals surface area contributed by atoms with Crippen molar-refractivity contribution in [2.75, 3.05) is 42.2 Å². The third-order valence-corrected chi connectivity index (χ3v) is 5.74. The number of nitrogens with one attached hydrogen (secondary N) is 1. The number of nitrogens with two attached hydrogens (primary N) is 1. The second-order valence-electron chi connectivity index (χ2n) is 8.29.